The lowest BCUT2D eigenvalue weighted by atomic mass is 9.80. The van der Waals surface area contributed by atoms with Crippen LogP contribution in [0.25, 0.3) is 11.1 Å². The van der Waals surface area contributed by atoms with Gasteiger partial charge in [0.05, 0.1) is 0 Å². The van der Waals surface area contributed by atoms with Crippen LogP contribution in [0.1, 0.15) is 38.5 Å². The molecule has 0 saturated carbocycles. The molecule has 7 N–H and O–H groups in total. The van der Waals surface area contributed by atoms with E-state index in [1.165, 1.54) is 69.9 Å². The number of halogens is 5. The van der Waals surface area contributed by atoms with Gasteiger partial charge >= 0.3 is 19.2 Å². The summed E-state index contributed by atoms with van der Waals surface area (Å²) in [6.07, 6.45) is 12.9. The molecule has 20 heteroatoms. The van der Waals surface area contributed by atoms with Gasteiger partial charge in [0.2, 0.25) is 5.95 Å². The summed E-state index contributed by atoms with van der Waals surface area (Å²) in [6, 6.07) is 38.1. The summed E-state index contributed by atoms with van der Waals surface area (Å²) in [4.78, 5) is 40.8. The molecule has 0 bridgehead atoms. The largest absolute Gasteiger partial charge is 0.488 e. The summed E-state index contributed by atoms with van der Waals surface area (Å²) in [5, 5.41) is 33.5. The van der Waals surface area contributed by atoms with Gasteiger partial charge in [0.1, 0.15) is 11.6 Å². The highest BCUT2D eigenvalue weighted by molar-refractivity contribution is 9.10. The molecule has 73 heavy (non-hydrogen) atoms. The smallest absolute Gasteiger partial charge is 0.423 e. The number of hydrogen-bond donors (Lipinski definition) is 7. The van der Waals surface area contributed by atoms with Crippen LogP contribution in [0.2, 0.25) is 10.0 Å². The zero-order valence-corrected chi connectivity index (χ0v) is 44.5. The Kier molecular flexibility index (Phi) is 23.2. The van der Waals surface area contributed by atoms with Crippen LogP contribution in [0.3, 0.4) is 0 Å². The lowest BCUT2D eigenvalue weighted by Crippen LogP contribution is -2.30. The first-order valence-electron chi connectivity index (χ1n) is 23.7. The molecule has 0 atom stereocenters. The Hall–Kier alpha value is -6.12. The molecular formula is C53H56BBr2Cl2FN10O4. The number of nitrogens with one attached hydrogen (secondary N) is 5. The molecule has 10 rings (SSSR count). The molecule has 3 aliphatic heterocycles. The Balaban J connectivity index is 0.000000167. The summed E-state index contributed by atoms with van der Waals surface area (Å²) in [6.45, 7) is 6.93. The van der Waals surface area contributed by atoms with Crippen LogP contribution in [0.4, 0.5) is 48.4 Å². The van der Waals surface area contributed by atoms with Crippen LogP contribution in [0.5, 0.6) is 0 Å². The number of anilines is 6. The van der Waals surface area contributed by atoms with Crippen molar-refractivity contribution >= 4 is 114 Å². The molecule has 0 radical (unpaired) electrons. The van der Waals surface area contributed by atoms with E-state index in [1.54, 1.807) is 72.8 Å². The van der Waals surface area contributed by atoms with E-state index >= 15 is 0 Å². The summed E-state index contributed by atoms with van der Waals surface area (Å²) in [7, 11) is -1.57. The second-order valence-electron chi connectivity index (χ2n) is 16.6. The van der Waals surface area contributed by atoms with E-state index in [0.29, 0.717) is 37.0 Å². The molecule has 0 spiro atoms. The quantitative estimate of drug-likeness (QED) is 0.0572. The van der Waals surface area contributed by atoms with Gasteiger partial charge in [0, 0.05) is 92.6 Å². The van der Waals surface area contributed by atoms with Crippen molar-refractivity contribution in [2.75, 3.05) is 70.3 Å². The highest BCUT2D eigenvalue weighted by Crippen LogP contribution is 2.27. The van der Waals surface area contributed by atoms with Gasteiger partial charge < -0.3 is 46.4 Å². The zero-order valence-electron chi connectivity index (χ0n) is 39.8. The molecule has 3 aliphatic rings. The standard InChI is InChI=1S/C22H21ClN4O.C13H12BClN2O3.C9H11BrN2.C5H3BrFN.C4H9N/c23-18-6-8-19(9-7-18)25-22(28)26-20-5-3-4-16(14-20)17-10-11-24-21(15-17)27-12-1-2-13-27;15-10-4-6-11(7-5-10)16-13(18)17-12-3-1-2-9(8-12)14(19)20;10-8-3-4-11-9(7-8)12-5-1-2-6-12;6-4-1-2-8-5(7)3-4;1-2-4-5-3-1/h3-11,14-15H,1-2,12-13H2,(H2,25,26,28);1-8,19-20H,(H2,16,17,18);3-4,7H,1-2,5-6H2;1-3H;5H,1-4H2. The second-order valence-corrected chi connectivity index (χ2v) is 19.3. The first-order chi connectivity index (χ1) is 35.4. The molecule has 3 saturated heterocycles. The first kappa shape index (κ1) is 56.2. The number of pyridine rings is 3. The van der Waals surface area contributed by atoms with Gasteiger partial charge in [-0.3, -0.25) is 0 Å². The second kappa shape index (κ2) is 30.2. The van der Waals surface area contributed by atoms with E-state index < -0.39 is 19.1 Å². The van der Waals surface area contributed by atoms with E-state index in [9.17, 15) is 14.0 Å². The number of amides is 4. The molecule has 3 fully saturated rings. The van der Waals surface area contributed by atoms with Gasteiger partial charge in [0.15, 0.2) is 0 Å². The van der Waals surface area contributed by atoms with Crippen molar-refractivity contribution in [1.82, 2.24) is 20.3 Å². The fourth-order valence-electron chi connectivity index (χ4n) is 7.44. The maximum absolute atomic E-state index is 12.3. The monoisotopic (exact) mass is 1150 g/mol. The molecule has 7 aromatic rings. The summed E-state index contributed by atoms with van der Waals surface area (Å²) < 4.78 is 13.8. The molecule has 14 nitrogen and oxygen atoms in total. The van der Waals surface area contributed by atoms with Crippen LogP contribution in [0, 0.1) is 5.95 Å². The van der Waals surface area contributed by atoms with Crippen molar-refractivity contribution in [1.29, 1.82) is 0 Å². The van der Waals surface area contributed by atoms with E-state index in [-0.39, 0.29) is 6.03 Å². The third-order valence-corrected chi connectivity index (χ3v) is 12.5. The van der Waals surface area contributed by atoms with Gasteiger partial charge in [-0.05, 0) is 171 Å². The number of hydrogen-bond acceptors (Lipinski definition) is 10. The van der Waals surface area contributed by atoms with E-state index in [1.807, 2.05) is 48.8 Å². The molecule has 380 valence electrons. The third kappa shape index (κ3) is 20.4. The fourth-order valence-corrected chi connectivity index (χ4v) is 8.32. The van der Waals surface area contributed by atoms with Crippen molar-refractivity contribution < 1.29 is 24.0 Å². The molecule has 0 unspecified atom stereocenters. The van der Waals surface area contributed by atoms with E-state index in [0.717, 1.165) is 59.1 Å². The minimum Gasteiger partial charge on any atom is -0.423 e. The highest BCUT2D eigenvalue weighted by Gasteiger charge is 2.16. The van der Waals surface area contributed by atoms with Crippen LogP contribution < -0.4 is 41.8 Å². The van der Waals surface area contributed by atoms with Crippen molar-refractivity contribution in [3.63, 3.8) is 0 Å². The Morgan fingerprint density at radius 1 is 0.534 bits per heavy atom. The minimum absolute atomic E-state index is 0.299. The van der Waals surface area contributed by atoms with Crippen molar-refractivity contribution in [3.8, 4) is 11.1 Å². The molecule has 0 aliphatic carbocycles. The Morgan fingerprint density at radius 3 is 1.45 bits per heavy atom. The number of benzene rings is 4. The lowest BCUT2D eigenvalue weighted by Gasteiger charge is -2.17. The average molecular weight is 1160 g/mol. The van der Waals surface area contributed by atoms with Crippen LogP contribution >= 0.6 is 55.1 Å². The maximum atomic E-state index is 12.3. The van der Waals surface area contributed by atoms with Crippen molar-refractivity contribution in [3.05, 3.63) is 177 Å². The summed E-state index contributed by atoms with van der Waals surface area (Å²) >= 11 is 18.1. The number of aromatic nitrogens is 3. The number of carbonyl (C=O) groups excluding carboxylic acids is 2. The van der Waals surface area contributed by atoms with E-state index in [4.69, 9.17) is 33.2 Å². The first-order valence-corrected chi connectivity index (χ1v) is 26.0. The van der Waals surface area contributed by atoms with Gasteiger partial charge in [0.25, 0.3) is 0 Å². The molecule has 3 aromatic heterocycles. The Bertz CT molecular complexity index is 2790. The molecule has 4 amide bonds. The van der Waals surface area contributed by atoms with Crippen molar-refractivity contribution in [2.45, 2.75) is 38.5 Å². The highest BCUT2D eigenvalue weighted by atomic mass is 79.9. The van der Waals surface area contributed by atoms with Crippen LogP contribution in [0.15, 0.2) is 161 Å². The normalized spacial score (nSPS) is 13.3. The fraction of sp³-hybridized carbons (Fsp3) is 0.226. The molecule has 4 aromatic carbocycles. The van der Waals surface area contributed by atoms with Crippen molar-refractivity contribution in [2.24, 2.45) is 0 Å². The summed E-state index contributed by atoms with van der Waals surface area (Å²) in [5.41, 5.74) is 4.89. The average Bonchev–Trinajstić information content (AvgIpc) is 4.24. The molecule has 6 heterocycles. The number of nitrogens with zero attached hydrogens (tertiary/aromatic N) is 5. The number of rotatable bonds is 8. The van der Waals surface area contributed by atoms with Gasteiger partial charge in [-0.15, -0.1) is 0 Å². The predicted octanol–water partition coefficient (Wildman–Crippen LogP) is 12.1. The Morgan fingerprint density at radius 2 is 0.986 bits per heavy atom. The molecular weight excluding hydrogens is 1100 g/mol. The SMILES string of the molecule is Brc1ccnc(N2CCCC2)c1.C1CCNC1.Fc1cc(Br)ccn1.O=C(Nc1ccc(Cl)cc1)Nc1cccc(-c2ccnc(N3CCCC3)c2)c1.O=C(Nc1ccc(Cl)cc1)Nc1cccc(B(O)O)c1. The number of urea groups is 2. The van der Waals surface area contributed by atoms with Crippen LogP contribution in [-0.2, 0) is 0 Å². The third-order valence-electron chi connectivity index (χ3n) is 11.1. The zero-order chi connectivity index (χ0) is 51.8. The summed E-state index contributed by atoms with van der Waals surface area (Å²) in [5.74, 6) is 1.65. The van der Waals surface area contributed by atoms with Gasteiger partial charge in [-0.2, -0.15) is 4.39 Å². The Labute approximate surface area is 452 Å². The van der Waals surface area contributed by atoms with Gasteiger partial charge in [-0.1, -0.05) is 79.3 Å². The number of carbonyl (C=O) groups is 2. The minimum atomic E-state index is -1.57. The van der Waals surface area contributed by atoms with E-state index in [2.05, 4.69) is 95.3 Å². The maximum Gasteiger partial charge on any atom is 0.488 e. The van der Waals surface area contributed by atoms with Crippen LogP contribution in [-0.4, -0.2) is 83.4 Å². The predicted molar refractivity (Wildman–Crippen MR) is 303 cm³/mol. The van der Waals surface area contributed by atoms with Gasteiger partial charge in [-0.25, -0.2) is 24.5 Å². The lowest BCUT2D eigenvalue weighted by molar-refractivity contribution is 0.261. The topological polar surface area (TPSA) is 180 Å².